The van der Waals surface area contributed by atoms with Crippen molar-refractivity contribution in [1.82, 2.24) is 0 Å². The molecule has 0 N–H and O–H groups in total. The molecule has 0 heterocycles. The molecule has 0 aromatic heterocycles. The highest BCUT2D eigenvalue weighted by molar-refractivity contribution is 8.32. The van der Waals surface area contributed by atoms with Crippen LogP contribution in [0, 0.1) is 0 Å². The van der Waals surface area contributed by atoms with E-state index in [1.165, 1.54) is 0 Å². The number of carbonyl (C=O) groups excluding carboxylic acids is 1. The molecule has 0 radical (unpaired) electrons. The smallest absolute Gasteiger partial charge is 0.428 e. The third-order valence-electron chi connectivity index (χ3n) is 2.28. The Kier molecular flexibility index (Phi) is 5.53. The summed E-state index contributed by atoms with van der Waals surface area (Å²) in [7, 11) is -5.50. The van der Waals surface area contributed by atoms with Gasteiger partial charge in [-0.2, -0.15) is 8.42 Å². The molecule has 0 aliphatic carbocycles. The SMILES string of the molecule is CC(C)(C)OC(=O)Oc1ccc(S(C)(C)OS(C)(=O)=O)cc1. The van der Waals surface area contributed by atoms with Gasteiger partial charge in [0.25, 0.3) is 10.1 Å². The van der Waals surface area contributed by atoms with Crippen molar-refractivity contribution in [2.24, 2.45) is 0 Å². The van der Waals surface area contributed by atoms with Crippen LogP contribution in [-0.4, -0.2) is 38.9 Å². The van der Waals surface area contributed by atoms with Crippen molar-refractivity contribution >= 4 is 26.6 Å². The normalized spacial score (nSPS) is 13.5. The maximum Gasteiger partial charge on any atom is 0.514 e. The zero-order valence-corrected chi connectivity index (χ0v) is 15.2. The summed E-state index contributed by atoms with van der Waals surface area (Å²) in [6.07, 6.45) is 3.66. The molecular weight excluding hydrogens is 328 g/mol. The first-order chi connectivity index (χ1) is 9.78. The van der Waals surface area contributed by atoms with Crippen LogP contribution in [0.3, 0.4) is 0 Å². The van der Waals surface area contributed by atoms with Gasteiger partial charge in [0, 0.05) is 4.90 Å². The quantitative estimate of drug-likeness (QED) is 0.612. The summed E-state index contributed by atoms with van der Waals surface area (Å²) in [5, 5.41) is 0. The molecule has 1 aromatic carbocycles. The van der Waals surface area contributed by atoms with Gasteiger partial charge in [-0.05, 0) is 57.5 Å². The average molecular weight is 350 g/mol. The Labute approximate surface area is 133 Å². The third kappa shape index (κ3) is 6.67. The molecule has 0 spiro atoms. The molecule has 0 bridgehead atoms. The van der Waals surface area contributed by atoms with E-state index < -0.39 is 32.2 Å². The molecule has 0 unspecified atom stereocenters. The Balaban J connectivity index is 2.81. The van der Waals surface area contributed by atoms with Gasteiger partial charge in [0.15, 0.2) is 0 Å². The lowest BCUT2D eigenvalue weighted by atomic mass is 10.2. The van der Waals surface area contributed by atoms with E-state index in [9.17, 15) is 13.2 Å². The summed E-state index contributed by atoms with van der Waals surface area (Å²) in [6, 6.07) is 6.47. The third-order valence-corrected chi connectivity index (χ3v) is 6.03. The number of benzene rings is 1. The van der Waals surface area contributed by atoms with E-state index in [4.69, 9.17) is 13.1 Å². The van der Waals surface area contributed by atoms with Gasteiger partial charge in [-0.25, -0.2) is 8.42 Å². The molecule has 0 aliphatic heterocycles. The van der Waals surface area contributed by atoms with Gasteiger partial charge < -0.3 is 9.47 Å². The summed E-state index contributed by atoms with van der Waals surface area (Å²) in [5.41, 5.74) is -0.632. The monoisotopic (exact) mass is 350 g/mol. The first-order valence-electron chi connectivity index (χ1n) is 6.44. The fraction of sp³-hybridized carbons (Fsp3) is 0.500. The van der Waals surface area contributed by atoms with Crippen molar-refractivity contribution in [3.63, 3.8) is 0 Å². The molecule has 22 heavy (non-hydrogen) atoms. The summed E-state index contributed by atoms with van der Waals surface area (Å²) in [6.45, 7) is 5.23. The van der Waals surface area contributed by atoms with Gasteiger partial charge in [-0.15, -0.1) is 0 Å². The van der Waals surface area contributed by atoms with Gasteiger partial charge in [0.05, 0.1) is 6.26 Å². The minimum Gasteiger partial charge on any atom is -0.428 e. The highest BCUT2D eigenvalue weighted by atomic mass is 32.3. The maximum atomic E-state index is 11.6. The second-order valence-electron chi connectivity index (χ2n) is 6.04. The highest BCUT2D eigenvalue weighted by Gasteiger charge is 2.22. The highest BCUT2D eigenvalue weighted by Crippen LogP contribution is 2.51. The topological polar surface area (TPSA) is 78.9 Å². The Morgan fingerprint density at radius 3 is 1.91 bits per heavy atom. The zero-order valence-electron chi connectivity index (χ0n) is 13.6. The van der Waals surface area contributed by atoms with E-state index in [2.05, 4.69) is 0 Å². The Hall–Kier alpha value is -1.25. The molecule has 0 fully saturated rings. The van der Waals surface area contributed by atoms with E-state index in [1.54, 1.807) is 57.5 Å². The molecule has 0 atom stereocenters. The van der Waals surface area contributed by atoms with Crippen molar-refractivity contribution in [2.45, 2.75) is 31.3 Å². The van der Waals surface area contributed by atoms with Gasteiger partial charge in [0.1, 0.15) is 11.4 Å². The van der Waals surface area contributed by atoms with Gasteiger partial charge in [0.2, 0.25) is 0 Å². The van der Waals surface area contributed by atoms with Crippen molar-refractivity contribution in [3.05, 3.63) is 24.3 Å². The van der Waals surface area contributed by atoms with Crippen LogP contribution < -0.4 is 4.74 Å². The van der Waals surface area contributed by atoms with Crippen molar-refractivity contribution in [1.29, 1.82) is 0 Å². The van der Waals surface area contributed by atoms with E-state index in [1.807, 2.05) is 0 Å². The van der Waals surface area contributed by atoms with E-state index in [0.29, 0.717) is 5.75 Å². The molecule has 0 amide bonds. The summed E-state index contributed by atoms with van der Waals surface area (Å²) < 4.78 is 37.8. The summed E-state index contributed by atoms with van der Waals surface area (Å²) in [4.78, 5) is 12.3. The number of carbonyl (C=O) groups is 1. The summed E-state index contributed by atoms with van der Waals surface area (Å²) >= 11 is 0. The predicted octanol–water partition coefficient (Wildman–Crippen LogP) is 3.31. The van der Waals surface area contributed by atoms with Crippen LogP contribution >= 0.6 is 10.3 Å². The van der Waals surface area contributed by atoms with Crippen LogP contribution in [0.15, 0.2) is 29.2 Å². The standard InChI is InChI=1S/C14H22O6S2/c1-14(2,3)19-13(15)18-11-7-9-12(10-8-11)21(4,5)20-22(6,16)17/h7-10H,1-6H3. The van der Waals surface area contributed by atoms with Crippen molar-refractivity contribution in [2.75, 3.05) is 18.8 Å². The largest absolute Gasteiger partial charge is 0.514 e. The Morgan fingerprint density at radius 1 is 1.00 bits per heavy atom. The molecule has 8 heteroatoms. The molecule has 0 saturated heterocycles. The summed E-state index contributed by atoms with van der Waals surface area (Å²) in [5.74, 6) is 0.313. The molecule has 126 valence electrons. The van der Waals surface area contributed by atoms with Crippen LogP contribution in [0.1, 0.15) is 20.8 Å². The van der Waals surface area contributed by atoms with Gasteiger partial charge >= 0.3 is 6.16 Å². The molecule has 1 rings (SSSR count). The Morgan fingerprint density at radius 2 is 1.50 bits per heavy atom. The van der Waals surface area contributed by atoms with Crippen molar-refractivity contribution < 1.29 is 26.3 Å². The fourth-order valence-electron chi connectivity index (χ4n) is 1.55. The van der Waals surface area contributed by atoms with E-state index in [-0.39, 0.29) is 0 Å². The lowest BCUT2D eigenvalue weighted by Gasteiger charge is -2.29. The number of ether oxygens (including phenoxy) is 2. The Bertz CT molecular complexity index is 626. The fourth-order valence-corrected chi connectivity index (χ4v) is 5.13. The zero-order chi connectivity index (χ0) is 17.2. The first-order valence-corrected chi connectivity index (χ1v) is 10.6. The minimum absolute atomic E-state index is 0.313. The molecule has 1 aromatic rings. The molecule has 6 nitrogen and oxygen atoms in total. The van der Waals surface area contributed by atoms with Gasteiger partial charge in [-0.3, -0.25) is 0 Å². The van der Waals surface area contributed by atoms with Crippen LogP contribution in [0.5, 0.6) is 5.75 Å². The van der Waals surface area contributed by atoms with Crippen LogP contribution in [0.2, 0.25) is 0 Å². The second-order valence-corrected chi connectivity index (χ2v) is 10.9. The minimum atomic E-state index is -3.55. The van der Waals surface area contributed by atoms with E-state index in [0.717, 1.165) is 11.2 Å². The van der Waals surface area contributed by atoms with Crippen LogP contribution in [-0.2, 0) is 18.5 Å². The average Bonchev–Trinajstić information content (AvgIpc) is 2.23. The van der Waals surface area contributed by atoms with Crippen molar-refractivity contribution in [3.8, 4) is 5.75 Å². The van der Waals surface area contributed by atoms with E-state index >= 15 is 0 Å². The lowest BCUT2D eigenvalue weighted by Crippen LogP contribution is -2.25. The second kappa shape index (κ2) is 6.47. The molecular formula is C14H22O6S2. The van der Waals surface area contributed by atoms with Crippen LogP contribution in [0.25, 0.3) is 0 Å². The number of rotatable bonds is 4. The maximum absolute atomic E-state index is 11.6. The van der Waals surface area contributed by atoms with Gasteiger partial charge in [-0.1, -0.05) is 10.3 Å². The van der Waals surface area contributed by atoms with Crippen LogP contribution in [0.4, 0.5) is 4.79 Å². The molecule has 0 aliphatic rings. The molecule has 0 saturated carbocycles. The number of hydrogen-bond acceptors (Lipinski definition) is 6. The predicted molar refractivity (Wildman–Crippen MR) is 86.9 cm³/mol. The lowest BCUT2D eigenvalue weighted by molar-refractivity contribution is 0.0206. The number of hydrogen-bond donors (Lipinski definition) is 0. The first kappa shape index (κ1) is 18.8.